The van der Waals surface area contributed by atoms with Crippen molar-refractivity contribution in [2.24, 2.45) is 5.10 Å². The summed E-state index contributed by atoms with van der Waals surface area (Å²) >= 11 is 3.34. The Balaban J connectivity index is 1.78. The first-order valence-corrected chi connectivity index (χ1v) is 11.4. The molecule has 0 radical (unpaired) electrons. The Bertz CT molecular complexity index is 1520. The van der Waals surface area contributed by atoms with Gasteiger partial charge >= 0.3 is 0 Å². The van der Waals surface area contributed by atoms with E-state index in [9.17, 15) is 19.7 Å². The lowest BCUT2D eigenvalue weighted by Gasteiger charge is -2.06. The summed E-state index contributed by atoms with van der Waals surface area (Å²) in [6.07, 6.45) is 0. The Hall–Kier alpha value is -4.51. The number of hydrazone groups is 1. The van der Waals surface area contributed by atoms with Crippen molar-refractivity contribution in [3.05, 3.63) is 109 Å². The van der Waals surface area contributed by atoms with Gasteiger partial charge in [-0.15, -0.1) is 0 Å². The van der Waals surface area contributed by atoms with Gasteiger partial charge in [0, 0.05) is 22.2 Å². The Morgan fingerprint density at radius 2 is 1.75 bits per heavy atom. The molecule has 1 aromatic heterocycles. The fraction of sp³-hybridized carbons (Fsp3) is 0.0800. The zero-order chi connectivity index (χ0) is 25.8. The number of nitrogens with one attached hydrogen (secondary N) is 2. The van der Waals surface area contributed by atoms with Crippen LogP contribution in [0.2, 0.25) is 0 Å². The molecule has 0 saturated heterocycles. The molecule has 182 valence electrons. The van der Waals surface area contributed by atoms with Gasteiger partial charge in [-0.1, -0.05) is 12.1 Å². The van der Waals surface area contributed by atoms with E-state index in [1.165, 1.54) is 28.9 Å². The lowest BCUT2D eigenvalue weighted by molar-refractivity contribution is -0.384. The second kappa shape index (κ2) is 10.4. The van der Waals surface area contributed by atoms with Crippen LogP contribution in [0.25, 0.3) is 16.9 Å². The summed E-state index contributed by atoms with van der Waals surface area (Å²) in [5.74, 6) is 0.197. The SMILES string of the molecule is COc1ccc(-c2[nH]n(-c3ccc([N+](=O)[O-])cc3)c(=O)c2/C(C)=N/NC(=O)c2ccccc2Br)cc1. The largest absolute Gasteiger partial charge is 0.497 e. The number of methoxy groups -OCH3 is 1. The average Bonchev–Trinajstić information content (AvgIpc) is 3.24. The van der Waals surface area contributed by atoms with E-state index in [0.717, 1.165) is 0 Å². The third-order valence-electron chi connectivity index (χ3n) is 5.39. The first kappa shape index (κ1) is 24.6. The van der Waals surface area contributed by atoms with Gasteiger partial charge in [0.2, 0.25) is 0 Å². The molecule has 1 heterocycles. The molecule has 1 amide bonds. The first-order valence-electron chi connectivity index (χ1n) is 10.6. The van der Waals surface area contributed by atoms with E-state index in [1.54, 1.807) is 62.6 Å². The van der Waals surface area contributed by atoms with E-state index >= 15 is 0 Å². The number of nitro groups is 1. The first-order chi connectivity index (χ1) is 17.3. The predicted octanol–water partition coefficient (Wildman–Crippen LogP) is 4.67. The van der Waals surface area contributed by atoms with Gasteiger partial charge in [0.1, 0.15) is 5.75 Å². The molecular weight excluding hydrogens is 530 g/mol. The topological polar surface area (TPSA) is 132 Å². The number of hydrogen-bond acceptors (Lipinski definition) is 6. The number of benzene rings is 3. The quantitative estimate of drug-likeness (QED) is 0.196. The highest BCUT2D eigenvalue weighted by Crippen LogP contribution is 2.25. The van der Waals surface area contributed by atoms with Crippen molar-refractivity contribution in [2.45, 2.75) is 6.92 Å². The van der Waals surface area contributed by atoms with E-state index in [2.05, 4.69) is 31.6 Å². The van der Waals surface area contributed by atoms with Crippen LogP contribution in [-0.4, -0.2) is 33.4 Å². The smallest absolute Gasteiger partial charge is 0.281 e. The van der Waals surface area contributed by atoms with Gasteiger partial charge in [0.05, 0.1) is 40.3 Å². The zero-order valence-electron chi connectivity index (χ0n) is 19.2. The van der Waals surface area contributed by atoms with Crippen LogP contribution in [0, 0.1) is 10.1 Å². The second-order valence-electron chi connectivity index (χ2n) is 7.62. The summed E-state index contributed by atoms with van der Waals surface area (Å²) in [4.78, 5) is 36.6. The molecule has 0 fully saturated rings. The van der Waals surface area contributed by atoms with E-state index in [4.69, 9.17) is 4.74 Å². The van der Waals surface area contributed by atoms with Crippen molar-refractivity contribution in [2.75, 3.05) is 7.11 Å². The lowest BCUT2D eigenvalue weighted by Crippen LogP contribution is -2.23. The molecule has 0 saturated carbocycles. The van der Waals surface area contributed by atoms with E-state index in [1.807, 2.05) is 0 Å². The summed E-state index contributed by atoms with van der Waals surface area (Å²) in [5, 5.41) is 18.3. The van der Waals surface area contributed by atoms with Crippen molar-refractivity contribution in [1.82, 2.24) is 15.2 Å². The fourth-order valence-corrected chi connectivity index (χ4v) is 4.01. The minimum atomic E-state index is -0.514. The van der Waals surface area contributed by atoms with Gasteiger partial charge in [-0.25, -0.2) is 10.1 Å². The minimum absolute atomic E-state index is 0.0958. The van der Waals surface area contributed by atoms with Crippen LogP contribution in [0.3, 0.4) is 0 Å². The standard InChI is InChI=1S/C25H20BrN5O5/c1-15(27-28-24(32)20-5-3-4-6-21(20)26)22-23(16-7-13-19(36-2)14-8-16)29-30(25(22)33)17-9-11-18(12-10-17)31(34)35/h3-14,29H,1-2H3,(H,28,32)/b27-15+. The molecule has 0 aliphatic rings. The van der Waals surface area contributed by atoms with Crippen LogP contribution >= 0.6 is 15.9 Å². The maximum absolute atomic E-state index is 13.5. The lowest BCUT2D eigenvalue weighted by atomic mass is 10.1. The molecule has 0 bridgehead atoms. The molecule has 4 rings (SSSR count). The highest BCUT2D eigenvalue weighted by Gasteiger charge is 2.20. The molecule has 2 N–H and O–H groups in total. The van der Waals surface area contributed by atoms with Gasteiger partial charge in [-0.2, -0.15) is 5.10 Å². The highest BCUT2D eigenvalue weighted by molar-refractivity contribution is 9.10. The van der Waals surface area contributed by atoms with Gasteiger partial charge in [-0.05, 0) is 71.4 Å². The zero-order valence-corrected chi connectivity index (χ0v) is 20.8. The molecule has 3 aromatic carbocycles. The number of halogens is 1. The third kappa shape index (κ3) is 4.96. The van der Waals surface area contributed by atoms with Crippen LogP contribution in [0.4, 0.5) is 5.69 Å². The second-order valence-corrected chi connectivity index (χ2v) is 8.48. The van der Waals surface area contributed by atoms with Gasteiger partial charge in [0.25, 0.3) is 17.2 Å². The Morgan fingerprint density at radius 3 is 2.36 bits per heavy atom. The molecule has 36 heavy (non-hydrogen) atoms. The van der Waals surface area contributed by atoms with Crippen LogP contribution < -0.4 is 15.7 Å². The number of carbonyl (C=O) groups excluding carboxylic acids is 1. The van der Waals surface area contributed by atoms with Crippen molar-refractivity contribution in [1.29, 1.82) is 0 Å². The summed E-state index contributed by atoms with van der Waals surface area (Å²) in [6, 6.07) is 19.5. The number of H-pyrrole nitrogens is 1. The Labute approximate surface area is 213 Å². The number of carbonyl (C=O) groups is 1. The number of amides is 1. The minimum Gasteiger partial charge on any atom is -0.497 e. The van der Waals surface area contributed by atoms with Crippen LogP contribution in [0.1, 0.15) is 22.8 Å². The number of aromatic nitrogens is 2. The van der Waals surface area contributed by atoms with Crippen LogP contribution in [0.5, 0.6) is 5.75 Å². The van der Waals surface area contributed by atoms with E-state index < -0.39 is 16.4 Å². The van der Waals surface area contributed by atoms with Crippen molar-refractivity contribution in [3.8, 4) is 22.7 Å². The predicted molar refractivity (Wildman–Crippen MR) is 139 cm³/mol. The van der Waals surface area contributed by atoms with Crippen molar-refractivity contribution < 1.29 is 14.5 Å². The van der Waals surface area contributed by atoms with Crippen molar-refractivity contribution >= 4 is 33.2 Å². The number of nitro benzene ring substituents is 1. The molecule has 10 nitrogen and oxygen atoms in total. The van der Waals surface area contributed by atoms with Gasteiger partial charge < -0.3 is 4.74 Å². The number of aromatic amines is 1. The molecule has 11 heteroatoms. The third-order valence-corrected chi connectivity index (χ3v) is 6.08. The Morgan fingerprint density at radius 1 is 1.08 bits per heavy atom. The number of nitrogens with zero attached hydrogens (tertiary/aromatic N) is 3. The van der Waals surface area contributed by atoms with Gasteiger partial charge in [0.15, 0.2) is 0 Å². The Kier molecular flexibility index (Phi) is 7.11. The monoisotopic (exact) mass is 549 g/mol. The summed E-state index contributed by atoms with van der Waals surface area (Å²) in [5.41, 5.74) is 4.38. The number of rotatable bonds is 7. The van der Waals surface area contributed by atoms with Crippen molar-refractivity contribution in [3.63, 3.8) is 0 Å². The van der Waals surface area contributed by atoms with E-state index in [-0.39, 0.29) is 17.0 Å². The highest BCUT2D eigenvalue weighted by atomic mass is 79.9. The number of non-ortho nitro benzene ring substituents is 1. The van der Waals surface area contributed by atoms with E-state index in [0.29, 0.717) is 32.7 Å². The molecule has 0 spiro atoms. The average molecular weight is 550 g/mol. The fourth-order valence-electron chi connectivity index (χ4n) is 3.54. The molecule has 4 aromatic rings. The summed E-state index contributed by atoms with van der Waals surface area (Å²) in [7, 11) is 1.55. The maximum atomic E-state index is 13.5. The number of ether oxygens (including phenoxy) is 1. The van der Waals surface area contributed by atoms with Crippen LogP contribution in [0.15, 0.2) is 87.2 Å². The van der Waals surface area contributed by atoms with Crippen LogP contribution in [-0.2, 0) is 0 Å². The summed E-state index contributed by atoms with van der Waals surface area (Å²) in [6.45, 7) is 1.61. The van der Waals surface area contributed by atoms with Gasteiger partial charge in [-0.3, -0.25) is 24.8 Å². The maximum Gasteiger partial charge on any atom is 0.281 e. The molecule has 0 unspecified atom stereocenters. The molecule has 0 aliphatic carbocycles. The molecule has 0 atom stereocenters. The molecular formula is C25H20BrN5O5. The normalized spacial score (nSPS) is 11.2. The number of hydrogen-bond donors (Lipinski definition) is 2. The summed E-state index contributed by atoms with van der Waals surface area (Å²) < 4.78 is 7.10. The molecule has 0 aliphatic heterocycles.